The number of hydrogen-bond donors (Lipinski definition) is 8. The zero-order chi connectivity index (χ0) is 32.6. The van der Waals surface area contributed by atoms with Crippen LogP contribution < -0.4 is 38.5 Å². The van der Waals surface area contributed by atoms with E-state index in [-0.39, 0.29) is 37.2 Å². The molecule has 0 radical (unpaired) electrons. The van der Waals surface area contributed by atoms with E-state index in [1.165, 1.54) is 11.8 Å². The minimum Gasteiger partial charge on any atom is -0.480 e. The SMILES string of the molecule is CC[C@H](C)[C@H](N)C(=O)N[C@H](CCCN=C(N)N)C(=O)N[C@H](C(=O)N[C@@H](C(=O)N[C@@H](CCSC)C(=O)O)C(C)C)C(C)C. The predicted molar refractivity (Wildman–Crippen MR) is 165 cm³/mol. The van der Waals surface area contributed by atoms with Gasteiger partial charge in [0.1, 0.15) is 24.2 Å². The molecule has 11 N–H and O–H groups in total. The molecular weight excluding hydrogens is 564 g/mol. The number of nitrogens with one attached hydrogen (secondary N) is 4. The van der Waals surface area contributed by atoms with Gasteiger partial charge in [0.05, 0.1) is 6.04 Å². The lowest BCUT2D eigenvalue weighted by molar-refractivity contribution is -0.142. The molecule has 0 heterocycles. The number of rotatable bonds is 20. The summed E-state index contributed by atoms with van der Waals surface area (Å²) in [4.78, 5) is 68.1. The Morgan fingerprint density at radius 2 is 1.29 bits per heavy atom. The Hall–Kier alpha value is -3.07. The summed E-state index contributed by atoms with van der Waals surface area (Å²) in [6.45, 7) is 10.8. The van der Waals surface area contributed by atoms with Crippen LogP contribution >= 0.6 is 11.8 Å². The Labute approximate surface area is 253 Å². The molecule has 0 fully saturated rings. The molecule has 0 unspecified atom stereocenters. The molecule has 4 amide bonds. The lowest BCUT2D eigenvalue weighted by Crippen LogP contribution is -2.60. The summed E-state index contributed by atoms with van der Waals surface area (Å²) in [7, 11) is 0. The summed E-state index contributed by atoms with van der Waals surface area (Å²) < 4.78 is 0. The number of guanidine groups is 1. The van der Waals surface area contributed by atoms with Gasteiger partial charge in [-0.25, -0.2) is 4.79 Å². The second-order valence-corrected chi connectivity index (χ2v) is 12.0. The van der Waals surface area contributed by atoms with Crippen molar-refractivity contribution in [3.8, 4) is 0 Å². The lowest BCUT2D eigenvalue weighted by atomic mass is 9.97. The van der Waals surface area contributed by atoms with Crippen LogP contribution in [-0.2, 0) is 24.0 Å². The largest absolute Gasteiger partial charge is 0.480 e. The lowest BCUT2D eigenvalue weighted by Gasteiger charge is -2.29. The first kappa shape index (κ1) is 38.9. The molecule has 0 aromatic carbocycles. The van der Waals surface area contributed by atoms with Gasteiger partial charge in [-0.2, -0.15) is 11.8 Å². The van der Waals surface area contributed by atoms with Crippen LogP contribution in [0, 0.1) is 17.8 Å². The zero-order valence-corrected chi connectivity index (χ0v) is 26.8. The Kier molecular flexibility index (Phi) is 18.5. The molecule has 0 aromatic heterocycles. The van der Waals surface area contributed by atoms with Crippen molar-refractivity contribution in [1.29, 1.82) is 0 Å². The molecule has 242 valence electrons. The maximum absolute atomic E-state index is 13.4. The van der Waals surface area contributed by atoms with Crippen molar-refractivity contribution >= 4 is 47.3 Å². The van der Waals surface area contributed by atoms with Gasteiger partial charge < -0.3 is 43.6 Å². The number of thioether (sulfide) groups is 1. The smallest absolute Gasteiger partial charge is 0.326 e. The third-order valence-electron chi connectivity index (χ3n) is 6.86. The van der Waals surface area contributed by atoms with E-state index < -0.39 is 65.7 Å². The third-order valence-corrected chi connectivity index (χ3v) is 7.50. The minimum absolute atomic E-state index is 0.0990. The van der Waals surface area contributed by atoms with Crippen molar-refractivity contribution < 1.29 is 29.1 Å². The van der Waals surface area contributed by atoms with Crippen LogP contribution in [0.2, 0.25) is 0 Å². The zero-order valence-electron chi connectivity index (χ0n) is 25.9. The normalized spacial score (nSPS) is 15.5. The minimum atomic E-state index is -1.17. The fraction of sp³-hybridized carbons (Fsp3) is 0.778. The maximum atomic E-state index is 13.4. The molecule has 15 heteroatoms. The number of carbonyl (C=O) groups is 5. The molecular formula is C27H52N8O6S. The van der Waals surface area contributed by atoms with Crippen molar-refractivity contribution in [2.75, 3.05) is 18.6 Å². The van der Waals surface area contributed by atoms with E-state index in [4.69, 9.17) is 17.2 Å². The van der Waals surface area contributed by atoms with Crippen LogP contribution in [0.1, 0.15) is 67.2 Å². The summed E-state index contributed by atoms with van der Waals surface area (Å²) >= 11 is 1.45. The van der Waals surface area contributed by atoms with Crippen molar-refractivity contribution in [3.63, 3.8) is 0 Å². The van der Waals surface area contributed by atoms with E-state index in [0.717, 1.165) is 0 Å². The molecule has 14 nitrogen and oxygen atoms in total. The number of aliphatic imine (C=N–C) groups is 1. The van der Waals surface area contributed by atoms with Gasteiger partial charge in [0.25, 0.3) is 0 Å². The molecule has 0 aromatic rings. The fourth-order valence-electron chi connectivity index (χ4n) is 3.87. The van der Waals surface area contributed by atoms with E-state index >= 15 is 0 Å². The van der Waals surface area contributed by atoms with Crippen LogP contribution in [0.3, 0.4) is 0 Å². The molecule has 42 heavy (non-hydrogen) atoms. The Morgan fingerprint density at radius 3 is 1.74 bits per heavy atom. The highest BCUT2D eigenvalue weighted by Crippen LogP contribution is 2.11. The molecule has 0 aliphatic heterocycles. The van der Waals surface area contributed by atoms with Crippen molar-refractivity contribution in [1.82, 2.24) is 21.3 Å². The van der Waals surface area contributed by atoms with Gasteiger partial charge in [-0.05, 0) is 49.0 Å². The van der Waals surface area contributed by atoms with Crippen LogP contribution in [-0.4, -0.2) is 89.4 Å². The number of carboxylic acids is 1. The van der Waals surface area contributed by atoms with Gasteiger partial charge in [-0.15, -0.1) is 0 Å². The molecule has 0 spiro atoms. The van der Waals surface area contributed by atoms with Gasteiger partial charge in [-0.3, -0.25) is 24.2 Å². The van der Waals surface area contributed by atoms with E-state index in [0.29, 0.717) is 18.6 Å². The van der Waals surface area contributed by atoms with Gasteiger partial charge in [0.2, 0.25) is 23.6 Å². The number of amides is 4. The topological polar surface area (TPSA) is 244 Å². The number of carboxylic acid groups (broad SMARTS) is 1. The van der Waals surface area contributed by atoms with Crippen molar-refractivity contribution in [2.45, 2.75) is 97.4 Å². The maximum Gasteiger partial charge on any atom is 0.326 e. The number of aliphatic carboxylic acids is 1. The van der Waals surface area contributed by atoms with Crippen LogP contribution in [0.4, 0.5) is 0 Å². The molecule has 0 aliphatic carbocycles. The first-order valence-corrected chi connectivity index (χ1v) is 15.7. The van der Waals surface area contributed by atoms with Gasteiger partial charge in [-0.1, -0.05) is 48.0 Å². The van der Waals surface area contributed by atoms with Crippen LogP contribution in [0.15, 0.2) is 4.99 Å². The van der Waals surface area contributed by atoms with E-state index in [1.807, 2.05) is 20.1 Å². The highest BCUT2D eigenvalue weighted by Gasteiger charge is 2.34. The highest BCUT2D eigenvalue weighted by atomic mass is 32.2. The number of nitrogens with zero attached hydrogens (tertiary/aromatic N) is 1. The first-order chi connectivity index (χ1) is 19.6. The van der Waals surface area contributed by atoms with Crippen LogP contribution in [0.5, 0.6) is 0 Å². The summed E-state index contributed by atoms with van der Waals surface area (Å²) in [5, 5.41) is 20.1. The summed E-state index contributed by atoms with van der Waals surface area (Å²) in [6.07, 6.45) is 3.27. The molecule has 0 aliphatic rings. The Balaban J connectivity index is 5.79. The second-order valence-electron chi connectivity index (χ2n) is 11.1. The number of hydrogen-bond acceptors (Lipinski definition) is 8. The number of nitrogens with two attached hydrogens (primary N) is 3. The first-order valence-electron chi connectivity index (χ1n) is 14.3. The van der Waals surface area contributed by atoms with Crippen LogP contribution in [0.25, 0.3) is 0 Å². The summed E-state index contributed by atoms with van der Waals surface area (Å²) in [5.74, 6) is -3.98. The third kappa shape index (κ3) is 14.2. The molecule has 6 atom stereocenters. The fourth-order valence-corrected chi connectivity index (χ4v) is 4.35. The van der Waals surface area contributed by atoms with Crippen molar-refractivity contribution in [2.24, 2.45) is 39.9 Å². The van der Waals surface area contributed by atoms with Gasteiger partial charge in [0, 0.05) is 6.54 Å². The summed E-state index contributed by atoms with van der Waals surface area (Å²) in [6, 6.07) is -5.06. The second kappa shape index (κ2) is 19.9. The predicted octanol–water partition coefficient (Wildman–Crippen LogP) is -0.498. The van der Waals surface area contributed by atoms with Gasteiger partial charge >= 0.3 is 5.97 Å². The number of carbonyl (C=O) groups excluding carboxylic acids is 4. The quantitative estimate of drug-likeness (QED) is 0.0495. The van der Waals surface area contributed by atoms with Crippen molar-refractivity contribution in [3.05, 3.63) is 0 Å². The summed E-state index contributed by atoms with van der Waals surface area (Å²) in [5.41, 5.74) is 16.8. The van der Waals surface area contributed by atoms with Gasteiger partial charge in [0.15, 0.2) is 5.96 Å². The van der Waals surface area contributed by atoms with E-state index in [9.17, 15) is 29.1 Å². The van der Waals surface area contributed by atoms with E-state index in [2.05, 4.69) is 26.3 Å². The molecule has 0 rings (SSSR count). The average molecular weight is 617 g/mol. The molecule has 0 saturated heterocycles. The molecule has 0 saturated carbocycles. The van der Waals surface area contributed by atoms with E-state index in [1.54, 1.807) is 27.7 Å². The Bertz CT molecular complexity index is 928. The Morgan fingerprint density at radius 1 is 0.786 bits per heavy atom. The average Bonchev–Trinajstić information content (AvgIpc) is 2.91. The monoisotopic (exact) mass is 616 g/mol. The molecule has 0 bridgehead atoms. The highest BCUT2D eigenvalue weighted by molar-refractivity contribution is 7.98. The standard InChI is InChI=1S/C27H52N8O6S/c1-8-16(6)19(28)23(37)32-17(10-9-12-31-27(29)30)22(36)34-21(15(4)5)25(39)35-20(14(2)3)24(38)33-18(26(40)41)11-13-42-7/h14-21H,8-13,28H2,1-7H3,(H,32,37)(H,33,38)(H,34,36)(H,35,39)(H,40,41)(H4,29,30,31)/t16-,17+,18-,19-,20+,21-/m0/s1.